The van der Waals surface area contributed by atoms with Crippen LogP contribution in [0.2, 0.25) is 0 Å². The SMILES string of the molecule is C=Cc1ccc(-c2cnc(N)nc2)cc1C. The Kier molecular flexibility index (Phi) is 2.68. The van der Waals surface area contributed by atoms with Gasteiger partial charge in [-0.2, -0.15) is 0 Å². The Morgan fingerprint density at radius 3 is 2.44 bits per heavy atom. The van der Waals surface area contributed by atoms with Crippen molar-refractivity contribution in [3.63, 3.8) is 0 Å². The lowest BCUT2D eigenvalue weighted by molar-refractivity contribution is 1.19. The number of aromatic nitrogens is 2. The normalized spacial score (nSPS) is 10.1. The van der Waals surface area contributed by atoms with Gasteiger partial charge in [0, 0.05) is 18.0 Å². The monoisotopic (exact) mass is 211 g/mol. The molecule has 16 heavy (non-hydrogen) atoms. The van der Waals surface area contributed by atoms with Crippen LogP contribution in [0.1, 0.15) is 11.1 Å². The van der Waals surface area contributed by atoms with Gasteiger partial charge in [-0.1, -0.05) is 30.9 Å². The zero-order valence-corrected chi connectivity index (χ0v) is 9.14. The van der Waals surface area contributed by atoms with E-state index in [2.05, 4.69) is 29.5 Å². The van der Waals surface area contributed by atoms with Crippen molar-refractivity contribution in [3.8, 4) is 11.1 Å². The fourth-order valence-corrected chi connectivity index (χ4v) is 1.57. The van der Waals surface area contributed by atoms with Crippen molar-refractivity contribution in [2.24, 2.45) is 0 Å². The molecular weight excluding hydrogens is 198 g/mol. The minimum Gasteiger partial charge on any atom is -0.368 e. The molecule has 0 saturated carbocycles. The number of rotatable bonds is 2. The molecule has 2 aromatic rings. The summed E-state index contributed by atoms with van der Waals surface area (Å²) in [5.74, 6) is 0.295. The number of benzene rings is 1. The molecule has 0 unspecified atom stereocenters. The molecule has 2 rings (SSSR count). The molecule has 0 amide bonds. The summed E-state index contributed by atoms with van der Waals surface area (Å²) in [5, 5.41) is 0. The molecule has 0 atom stereocenters. The summed E-state index contributed by atoms with van der Waals surface area (Å²) in [5.41, 5.74) is 9.82. The minimum atomic E-state index is 0.295. The predicted molar refractivity (Wildman–Crippen MR) is 66.7 cm³/mol. The maximum Gasteiger partial charge on any atom is 0.219 e. The van der Waals surface area contributed by atoms with Gasteiger partial charge in [0.2, 0.25) is 5.95 Å². The molecular formula is C13H13N3. The second-order valence-corrected chi connectivity index (χ2v) is 3.61. The number of hydrogen-bond acceptors (Lipinski definition) is 3. The molecule has 1 heterocycles. The number of nitrogens with zero attached hydrogens (tertiary/aromatic N) is 2. The van der Waals surface area contributed by atoms with Gasteiger partial charge in [0.25, 0.3) is 0 Å². The van der Waals surface area contributed by atoms with E-state index in [1.165, 1.54) is 5.56 Å². The number of aryl methyl sites for hydroxylation is 1. The molecule has 3 nitrogen and oxygen atoms in total. The van der Waals surface area contributed by atoms with Crippen LogP contribution in [0.15, 0.2) is 37.2 Å². The Morgan fingerprint density at radius 1 is 1.19 bits per heavy atom. The fraction of sp³-hybridized carbons (Fsp3) is 0.0769. The summed E-state index contributed by atoms with van der Waals surface area (Å²) in [6.07, 6.45) is 5.30. The van der Waals surface area contributed by atoms with E-state index in [0.29, 0.717) is 5.95 Å². The summed E-state index contributed by atoms with van der Waals surface area (Å²) in [6, 6.07) is 6.15. The predicted octanol–water partition coefficient (Wildman–Crippen LogP) is 2.68. The van der Waals surface area contributed by atoms with Gasteiger partial charge in [-0.3, -0.25) is 0 Å². The standard InChI is InChI=1S/C13H13N3/c1-3-10-4-5-11(6-9(10)2)12-7-15-13(14)16-8-12/h3-8H,1H2,2H3,(H2,14,15,16). The summed E-state index contributed by atoms with van der Waals surface area (Å²) in [7, 11) is 0. The summed E-state index contributed by atoms with van der Waals surface area (Å²) < 4.78 is 0. The first-order valence-electron chi connectivity index (χ1n) is 5.01. The van der Waals surface area contributed by atoms with Gasteiger partial charge in [0.1, 0.15) is 0 Å². The largest absolute Gasteiger partial charge is 0.368 e. The molecule has 0 radical (unpaired) electrons. The van der Waals surface area contributed by atoms with Crippen LogP contribution in [0.3, 0.4) is 0 Å². The maximum atomic E-state index is 5.44. The average Bonchev–Trinajstić information content (AvgIpc) is 2.30. The van der Waals surface area contributed by atoms with Crippen LogP contribution in [-0.4, -0.2) is 9.97 Å². The smallest absolute Gasteiger partial charge is 0.219 e. The van der Waals surface area contributed by atoms with Crippen molar-refractivity contribution >= 4 is 12.0 Å². The van der Waals surface area contributed by atoms with Gasteiger partial charge < -0.3 is 5.73 Å². The van der Waals surface area contributed by atoms with Crippen LogP contribution >= 0.6 is 0 Å². The second kappa shape index (κ2) is 4.14. The van der Waals surface area contributed by atoms with Crippen molar-refractivity contribution in [2.45, 2.75) is 6.92 Å². The van der Waals surface area contributed by atoms with Crippen LogP contribution in [0.25, 0.3) is 17.2 Å². The third-order valence-electron chi connectivity index (χ3n) is 2.49. The van der Waals surface area contributed by atoms with Crippen LogP contribution in [-0.2, 0) is 0 Å². The van der Waals surface area contributed by atoms with Crippen molar-refractivity contribution in [1.82, 2.24) is 9.97 Å². The molecule has 0 spiro atoms. The minimum absolute atomic E-state index is 0.295. The lowest BCUT2D eigenvalue weighted by Crippen LogP contribution is -1.93. The van der Waals surface area contributed by atoms with Crippen molar-refractivity contribution in [3.05, 3.63) is 48.3 Å². The van der Waals surface area contributed by atoms with Crippen molar-refractivity contribution in [1.29, 1.82) is 0 Å². The highest BCUT2D eigenvalue weighted by Gasteiger charge is 2.01. The van der Waals surface area contributed by atoms with E-state index in [0.717, 1.165) is 16.7 Å². The van der Waals surface area contributed by atoms with E-state index in [4.69, 9.17) is 5.73 Å². The molecule has 0 saturated heterocycles. The van der Waals surface area contributed by atoms with E-state index >= 15 is 0 Å². The molecule has 80 valence electrons. The van der Waals surface area contributed by atoms with Gasteiger partial charge in [0.05, 0.1) is 0 Å². The summed E-state index contributed by atoms with van der Waals surface area (Å²) in [6.45, 7) is 5.82. The highest BCUT2D eigenvalue weighted by atomic mass is 15.0. The van der Waals surface area contributed by atoms with Gasteiger partial charge in [-0.25, -0.2) is 9.97 Å². The zero-order valence-electron chi connectivity index (χ0n) is 9.14. The molecule has 0 aliphatic rings. The maximum absolute atomic E-state index is 5.44. The molecule has 0 fully saturated rings. The van der Waals surface area contributed by atoms with Gasteiger partial charge in [0.15, 0.2) is 0 Å². The van der Waals surface area contributed by atoms with Gasteiger partial charge in [-0.05, 0) is 23.6 Å². The van der Waals surface area contributed by atoms with Crippen LogP contribution in [0, 0.1) is 6.92 Å². The Hall–Kier alpha value is -2.16. The molecule has 2 N–H and O–H groups in total. The Labute approximate surface area is 94.7 Å². The second-order valence-electron chi connectivity index (χ2n) is 3.61. The number of hydrogen-bond donors (Lipinski definition) is 1. The lowest BCUT2D eigenvalue weighted by atomic mass is 10.0. The van der Waals surface area contributed by atoms with Gasteiger partial charge >= 0.3 is 0 Å². The first-order chi connectivity index (χ1) is 7.70. The number of nitrogens with two attached hydrogens (primary N) is 1. The van der Waals surface area contributed by atoms with E-state index in [-0.39, 0.29) is 0 Å². The molecule has 0 aliphatic heterocycles. The molecule has 1 aromatic carbocycles. The molecule has 0 aliphatic carbocycles. The van der Waals surface area contributed by atoms with Crippen LogP contribution in [0.5, 0.6) is 0 Å². The Bertz CT molecular complexity index is 515. The first-order valence-corrected chi connectivity index (χ1v) is 5.01. The third kappa shape index (κ3) is 1.93. The van der Waals surface area contributed by atoms with E-state index in [1.54, 1.807) is 12.4 Å². The van der Waals surface area contributed by atoms with Gasteiger partial charge in [-0.15, -0.1) is 0 Å². The summed E-state index contributed by atoms with van der Waals surface area (Å²) >= 11 is 0. The van der Waals surface area contributed by atoms with E-state index in [1.807, 2.05) is 18.2 Å². The quantitative estimate of drug-likeness (QED) is 0.830. The summed E-state index contributed by atoms with van der Waals surface area (Å²) in [4.78, 5) is 7.95. The number of nitrogen functional groups attached to an aromatic ring is 1. The van der Waals surface area contributed by atoms with Crippen molar-refractivity contribution in [2.75, 3.05) is 5.73 Å². The highest BCUT2D eigenvalue weighted by Crippen LogP contribution is 2.21. The molecule has 1 aromatic heterocycles. The van der Waals surface area contributed by atoms with Crippen LogP contribution in [0.4, 0.5) is 5.95 Å². The molecule has 3 heteroatoms. The molecule has 0 bridgehead atoms. The topological polar surface area (TPSA) is 51.8 Å². The first kappa shape index (κ1) is 10.4. The number of anilines is 1. The zero-order chi connectivity index (χ0) is 11.5. The van der Waals surface area contributed by atoms with E-state index < -0.39 is 0 Å². The Morgan fingerprint density at radius 2 is 1.88 bits per heavy atom. The third-order valence-corrected chi connectivity index (χ3v) is 2.49. The Balaban J connectivity index is 2.45. The van der Waals surface area contributed by atoms with E-state index in [9.17, 15) is 0 Å². The van der Waals surface area contributed by atoms with Crippen molar-refractivity contribution < 1.29 is 0 Å². The average molecular weight is 211 g/mol. The fourth-order valence-electron chi connectivity index (χ4n) is 1.57. The van der Waals surface area contributed by atoms with Crippen LogP contribution < -0.4 is 5.73 Å². The highest BCUT2D eigenvalue weighted by molar-refractivity contribution is 5.66. The lowest BCUT2D eigenvalue weighted by Gasteiger charge is -2.05.